The van der Waals surface area contributed by atoms with Crippen molar-refractivity contribution >= 4 is 34.0 Å². The molecule has 5 aliphatic rings. The molecular weight excluding hydrogens is 422 g/mol. The molecule has 0 radical (unpaired) electrons. The standard InChI is InChI=1S/C29H27N3O2/c33-28(31-30-27-22-12-18-11-19(14-22)15-23(27)13-18)21-9-7-17(8-10-21)16-32-25-6-2-4-20-3-1-5-24(26(20)25)29(32)34/h1-10,18-19,22-23H,11-16H2,(H,31,33). The third-order valence-corrected chi connectivity index (χ3v) is 8.47. The molecule has 0 unspecified atom stereocenters. The van der Waals surface area contributed by atoms with E-state index in [1.807, 2.05) is 65.6 Å². The predicted octanol–water partition coefficient (Wildman–Crippen LogP) is 5.54. The lowest BCUT2D eigenvalue weighted by Crippen LogP contribution is -2.46. The van der Waals surface area contributed by atoms with Crippen LogP contribution >= 0.6 is 0 Å². The summed E-state index contributed by atoms with van der Waals surface area (Å²) in [5.74, 6) is 2.78. The number of nitrogens with zero attached hydrogens (tertiary/aromatic N) is 2. The molecule has 34 heavy (non-hydrogen) atoms. The van der Waals surface area contributed by atoms with Crippen LogP contribution in [0.1, 0.15) is 58.4 Å². The van der Waals surface area contributed by atoms with Crippen molar-refractivity contribution in [3.8, 4) is 0 Å². The molecule has 0 saturated heterocycles. The number of hydrazone groups is 1. The summed E-state index contributed by atoms with van der Waals surface area (Å²) in [6, 6.07) is 19.4. The van der Waals surface area contributed by atoms with E-state index in [9.17, 15) is 9.59 Å². The zero-order chi connectivity index (χ0) is 22.8. The Morgan fingerprint density at radius 1 is 0.882 bits per heavy atom. The normalized spacial score (nSPS) is 26.4. The van der Waals surface area contributed by atoms with Crippen molar-refractivity contribution in [1.82, 2.24) is 5.43 Å². The van der Waals surface area contributed by atoms with Gasteiger partial charge in [0.05, 0.1) is 12.2 Å². The lowest BCUT2D eigenvalue weighted by molar-refractivity contribution is 0.0941. The van der Waals surface area contributed by atoms with Crippen molar-refractivity contribution in [3.63, 3.8) is 0 Å². The number of rotatable bonds is 4. The fourth-order valence-corrected chi connectivity index (χ4v) is 7.11. The summed E-state index contributed by atoms with van der Waals surface area (Å²) in [6.07, 6.45) is 6.42. The van der Waals surface area contributed by atoms with Crippen LogP contribution in [0.4, 0.5) is 5.69 Å². The smallest absolute Gasteiger partial charge is 0.271 e. The zero-order valence-corrected chi connectivity index (χ0v) is 19.0. The average molecular weight is 450 g/mol. The second-order valence-electron chi connectivity index (χ2n) is 10.6. The van der Waals surface area contributed by atoms with Gasteiger partial charge in [0.1, 0.15) is 0 Å². The van der Waals surface area contributed by atoms with E-state index in [0.29, 0.717) is 23.9 Å². The van der Waals surface area contributed by atoms with Gasteiger partial charge in [0, 0.05) is 22.2 Å². The second kappa shape index (κ2) is 7.52. The van der Waals surface area contributed by atoms with E-state index >= 15 is 0 Å². The summed E-state index contributed by atoms with van der Waals surface area (Å²) in [7, 11) is 0. The Bertz CT molecular complexity index is 1320. The van der Waals surface area contributed by atoms with E-state index < -0.39 is 0 Å². The van der Waals surface area contributed by atoms with Crippen molar-refractivity contribution < 1.29 is 9.59 Å². The molecule has 3 aromatic rings. The highest BCUT2D eigenvalue weighted by Gasteiger charge is 2.46. The van der Waals surface area contributed by atoms with Crippen LogP contribution in [0.25, 0.3) is 10.8 Å². The van der Waals surface area contributed by atoms with E-state index in [1.54, 1.807) is 0 Å². The zero-order valence-electron chi connectivity index (χ0n) is 19.0. The Balaban J connectivity index is 1.06. The molecule has 0 aromatic heterocycles. The summed E-state index contributed by atoms with van der Waals surface area (Å²) in [5.41, 5.74) is 7.36. The number of benzene rings is 3. The first-order chi connectivity index (χ1) is 16.6. The van der Waals surface area contributed by atoms with E-state index in [1.165, 1.54) is 37.8 Å². The molecule has 4 fully saturated rings. The van der Waals surface area contributed by atoms with E-state index in [4.69, 9.17) is 0 Å². The molecule has 170 valence electrons. The number of carbonyl (C=O) groups is 2. The molecule has 2 amide bonds. The molecular formula is C29H27N3O2. The first kappa shape index (κ1) is 20.0. The van der Waals surface area contributed by atoms with Crippen LogP contribution in [0.5, 0.6) is 0 Å². The van der Waals surface area contributed by atoms with Crippen molar-refractivity contribution in [2.45, 2.75) is 38.6 Å². The number of hydrogen-bond donors (Lipinski definition) is 1. The number of nitrogens with one attached hydrogen (secondary N) is 1. The van der Waals surface area contributed by atoms with E-state index in [2.05, 4.69) is 10.5 Å². The van der Waals surface area contributed by atoms with Crippen molar-refractivity contribution in [2.24, 2.45) is 28.8 Å². The van der Waals surface area contributed by atoms with Crippen LogP contribution in [0.3, 0.4) is 0 Å². The van der Waals surface area contributed by atoms with Gasteiger partial charge in [-0.25, -0.2) is 5.43 Å². The van der Waals surface area contributed by atoms with Crippen LogP contribution in [0, 0.1) is 23.7 Å². The maximum Gasteiger partial charge on any atom is 0.271 e. The predicted molar refractivity (Wildman–Crippen MR) is 133 cm³/mol. The lowest BCUT2D eigenvalue weighted by atomic mass is 9.55. The largest absolute Gasteiger partial charge is 0.303 e. The van der Waals surface area contributed by atoms with Crippen LogP contribution < -0.4 is 10.3 Å². The summed E-state index contributed by atoms with van der Waals surface area (Å²) in [4.78, 5) is 27.7. The fourth-order valence-electron chi connectivity index (χ4n) is 7.11. The third-order valence-electron chi connectivity index (χ3n) is 8.47. The molecule has 1 aliphatic heterocycles. The molecule has 4 aliphatic carbocycles. The van der Waals surface area contributed by atoms with Gasteiger partial charge in [-0.15, -0.1) is 0 Å². The first-order valence-corrected chi connectivity index (χ1v) is 12.4. The van der Waals surface area contributed by atoms with Crippen LogP contribution in [0.2, 0.25) is 0 Å². The molecule has 1 heterocycles. The van der Waals surface area contributed by atoms with E-state index in [-0.39, 0.29) is 11.8 Å². The highest BCUT2D eigenvalue weighted by molar-refractivity contribution is 6.24. The molecule has 5 heteroatoms. The molecule has 1 N–H and O–H groups in total. The molecule has 0 spiro atoms. The quantitative estimate of drug-likeness (QED) is 0.532. The van der Waals surface area contributed by atoms with Gasteiger partial charge in [0.25, 0.3) is 11.8 Å². The van der Waals surface area contributed by atoms with Gasteiger partial charge in [0.15, 0.2) is 0 Å². The van der Waals surface area contributed by atoms with Gasteiger partial charge in [-0.1, -0.05) is 36.4 Å². The minimum absolute atomic E-state index is 0.0279. The van der Waals surface area contributed by atoms with Crippen molar-refractivity contribution in [1.29, 1.82) is 0 Å². The third kappa shape index (κ3) is 3.10. The first-order valence-electron chi connectivity index (χ1n) is 12.4. The maximum atomic E-state index is 13.0. The second-order valence-corrected chi connectivity index (χ2v) is 10.6. The number of hydrogen-bond acceptors (Lipinski definition) is 3. The van der Waals surface area contributed by atoms with Gasteiger partial charge in [0.2, 0.25) is 0 Å². The number of anilines is 1. The van der Waals surface area contributed by atoms with Gasteiger partial charge >= 0.3 is 0 Å². The van der Waals surface area contributed by atoms with Crippen LogP contribution in [-0.2, 0) is 6.54 Å². The molecule has 8 rings (SSSR count). The maximum absolute atomic E-state index is 13.0. The fraction of sp³-hybridized carbons (Fsp3) is 0.345. The minimum Gasteiger partial charge on any atom is -0.303 e. The topological polar surface area (TPSA) is 61.8 Å². The Morgan fingerprint density at radius 3 is 2.26 bits per heavy atom. The monoisotopic (exact) mass is 449 g/mol. The number of amides is 2. The highest BCUT2D eigenvalue weighted by atomic mass is 16.2. The minimum atomic E-state index is -0.165. The number of carbonyl (C=O) groups excluding carboxylic acids is 2. The average Bonchev–Trinajstić information content (AvgIpc) is 3.11. The molecule has 4 saturated carbocycles. The molecule has 5 nitrogen and oxygen atoms in total. The highest BCUT2D eigenvalue weighted by Crippen LogP contribution is 2.52. The molecule has 4 bridgehead atoms. The van der Waals surface area contributed by atoms with Crippen LogP contribution in [0.15, 0.2) is 65.8 Å². The van der Waals surface area contributed by atoms with Gasteiger partial charge < -0.3 is 4.90 Å². The summed E-state index contributed by atoms with van der Waals surface area (Å²) in [6.45, 7) is 0.475. The van der Waals surface area contributed by atoms with Crippen molar-refractivity contribution in [2.75, 3.05) is 4.90 Å². The van der Waals surface area contributed by atoms with E-state index in [0.717, 1.165) is 39.4 Å². The molecule has 3 aromatic carbocycles. The van der Waals surface area contributed by atoms with Gasteiger partial charge in [-0.2, -0.15) is 5.10 Å². The summed E-state index contributed by atoms with van der Waals surface area (Å²) < 4.78 is 0. The SMILES string of the molecule is O=C(NN=C1C2CC3CC(C2)CC1C3)c1ccc(CN2C(=O)c3cccc4cccc2c34)cc1. The lowest BCUT2D eigenvalue weighted by Gasteiger charge is -2.50. The Kier molecular flexibility index (Phi) is 4.41. The summed E-state index contributed by atoms with van der Waals surface area (Å²) >= 11 is 0. The Morgan fingerprint density at radius 2 is 1.56 bits per heavy atom. The van der Waals surface area contributed by atoms with Crippen LogP contribution in [-0.4, -0.2) is 17.5 Å². The van der Waals surface area contributed by atoms with Gasteiger partial charge in [-0.05, 0) is 91.0 Å². The van der Waals surface area contributed by atoms with Gasteiger partial charge in [-0.3, -0.25) is 9.59 Å². The molecule has 0 atom stereocenters. The summed E-state index contributed by atoms with van der Waals surface area (Å²) in [5, 5.41) is 6.73. The Hall–Kier alpha value is -3.47. The Labute approximate surface area is 198 Å². The van der Waals surface area contributed by atoms with Crippen molar-refractivity contribution in [3.05, 3.63) is 77.4 Å².